The first-order valence-electron chi connectivity index (χ1n) is 6.03. The Morgan fingerprint density at radius 3 is 2.75 bits per heavy atom. The number of nitrogens with zero attached hydrogens (tertiary/aromatic N) is 3. The molecule has 0 unspecified atom stereocenters. The van der Waals surface area contributed by atoms with Crippen LogP contribution in [0.3, 0.4) is 0 Å². The summed E-state index contributed by atoms with van der Waals surface area (Å²) >= 11 is 0. The molecule has 86 valence electrons. The van der Waals surface area contributed by atoms with E-state index in [0.29, 0.717) is 0 Å². The number of hydrogen-bond donors (Lipinski definition) is 0. The third-order valence-corrected chi connectivity index (χ3v) is 3.23. The normalized spacial score (nSPS) is 11.5. The largest absolute Gasteiger partial charge is 0.332 e. The fraction of sp³-hybridized carbons (Fsp3) is 0.538. The zero-order chi connectivity index (χ0) is 11.5. The van der Waals surface area contributed by atoms with E-state index in [1.807, 2.05) is 13.1 Å². The molecule has 0 saturated heterocycles. The molecule has 0 N–H and O–H groups in total. The molecule has 0 radical (unpaired) electrons. The fourth-order valence-electron chi connectivity index (χ4n) is 2.03. The van der Waals surface area contributed by atoms with Crippen molar-refractivity contribution in [2.75, 3.05) is 0 Å². The standard InChI is InChI=1S/C13H19N3/c1-4-11(5-2)9-16-7-6-12-8-14-10(3)15-13(12)16/h6-8,11H,4-5,9H2,1-3H3. The summed E-state index contributed by atoms with van der Waals surface area (Å²) in [6.07, 6.45) is 6.47. The number of aromatic nitrogens is 3. The summed E-state index contributed by atoms with van der Waals surface area (Å²) < 4.78 is 2.25. The topological polar surface area (TPSA) is 30.7 Å². The van der Waals surface area contributed by atoms with Crippen LogP contribution in [0.5, 0.6) is 0 Å². The first kappa shape index (κ1) is 11.1. The van der Waals surface area contributed by atoms with Crippen molar-refractivity contribution in [1.29, 1.82) is 0 Å². The maximum absolute atomic E-state index is 4.51. The first-order valence-corrected chi connectivity index (χ1v) is 6.03. The molecule has 16 heavy (non-hydrogen) atoms. The molecule has 0 aliphatic carbocycles. The van der Waals surface area contributed by atoms with Gasteiger partial charge in [0.05, 0.1) is 0 Å². The van der Waals surface area contributed by atoms with Gasteiger partial charge in [0.15, 0.2) is 0 Å². The summed E-state index contributed by atoms with van der Waals surface area (Å²) in [6.45, 7) is 7.50. The van der Waals surface area contributed by atoms with Crippen molar-refractivity contribution in [3.63, 3.8) is 0 Å². The monoisotopic (exact) mass is 217 g/mol. The lowest BCUT2D eigenvalue weighted by Gasteiger charge is -2.13. The Morgan fingerprint density at radius 2 is 2.06 bits per heavy atom. The third kappa shape index (κ3) is 2.08. The molecule has 0 atom stereocenters. The SMILES string of the molecule is CCC(CC)Cn1ccc2cnc(C)nc21. The van der Waals surface area contributed by atoms with Crippen molar-refractivity contribution >= 4 is 11.0 Å². The minimum atomic E-state index is 0.742. The number of aryl methyl sites for hydroxylation is 1. The van der Waals surface area contributed by atoms with E-state index in [1.165, 1.54) is 12.8 Å². The van der Waals surface area contributed by atoms with Crippen LogP contribution in [-0.4, -0.2) is 14.5 Å². The van der Waals surface area contributed by atoms with Gasteiger partial charge in [-0.3, -0.25) is 0 Å². The summed E-state index contributed by atoms with van der Waals surface area (Å²) in [4.78, 5) is 8.72. The van der Waals surface area contributed by atoms with Gasteiger partial charge < -0.3 is 4.57 Å². The molecule has 0 aliphatic rings. The van der Waals surface area contributed by atoms with Gasteiger partial charge in [0.1, 0.15) is 11.5 Å². The van der Waals surface area contributed by atoms with Crippen molar-refractivity contribution in [2.24, 2.45) is 5.92 Å². The number of fused-ring (bicyclic) bond motifs is 1. The molecular formula is C13H19N3. The fourth-order valence-corrected chi connectivity index (χ4v) is 2.03. The minimum absolute atomic E-state index is 0.742. The van der Waals surface area contributed by atoms with Crippen LogP contribution in [0.2, 0.25) is 0 Å². The van der Waals surface area contributed by atoms with E-state index in [4.69, 9.17) is 0 Å². The van der Waals surface area contributed by atoms with Gasteiger partial charge in [-0.05, 0) is 18.9 Å². The molecular weight excluding hydrogens is 198 g/mol. The highest BCUT2D eigenvalue weighted by Crippen LogP contribution is 2.17. The highest BCUT2D eigenvalue weighted by molar-refractivity contribution is 5.74. The smallest absolute Gasteiger partial charge is 0.143 e. The Labute approximate surface area is 96.5 Å². The van der Waals surface area contributed by atoms with E-state index >= 15 is 0 Å². The maximum Gasteiger partial charge on any atom is 0.143 e. The Bertz CT molecular complexity index is 469. The van der Waals surface area contributed by atoms with Crippen LogP contribution in [0.25, 0.3) is 11.0 Å². The molecule has 0 amide bonds. The van der Waals surface area contributed by atoms with Crippen LogP contribution in [0.15, 0.2) is 18.5 Å². The molecule has 0 fully saturated rings. The second-order valence-corrected chi connectivity index (χ2v) is 4.35. The van der Waals surface area contributed by atoms with Gasteiger partial charge in [0, 0.05) is 24.3 Å². The van der Waals surface area contributed by atoms with Crippen LogP contribution >= 0.6 is 0 Å². The summed E-state index contributed by atoms with van der Waals surface area (Å²) in [6, 6.07) is 2.09. The summed E-state index contributed by atoms with van der Waals surface area (Å²) in [5, 5.41) is 1.14. The predicted octanol–water partition coefficient (Wildman–Crippen LogP) is 3.18. The van der Waals surface area contributed by atoms with Gasteiger partial charge in [-0.1, -0.05) is 26.7 Å². The first-order chi connectivity index (χ1) is 7.74. The second kappa shape index (κ2) is 4.64. The Hall–Kier alpha value is -1.38. The minimum Gasteiger partial charge on any atom is -0.332 e. The lowest BCUT2D eigenvalue weighted by molar-refractivity contribution is 0.424. The van der Waals surface area contributed by atoms with Gasteiger partial charge in [-0.2, -0.15) is 0 Å². The number of hydrogen-bond acceptors (Lipinski definition) is 2. The van der Waals surface area contributed by atoms with Crippen molar-refractivity contribution in [1.82, 2.24) is 14.5 Å². The molecule has 0 spiro atoms. The molecule has 0 aliphatic heterocycles. The van der Waals surface area contributed by atoms with Crippen molar-refractivity contribution in [2.45, 2.75) is 40.2 Å². The van der Waals surface area contributed by atoms with Crippen molar-refractivity contribution in [3.8, 4) is 0 Å². The molecule has 0 bridgehead atoms. The highest BCUT2D eigenvalue weighted by Gasteiger charge is 2.08. The van der Waals surface area contributed by atoms with E-state index in [1.54, 1.807) is 0 Å². The Kier molecular flexibility index (Phi) is 3.22. The lowest BCUT2D eigenvalue weighted by Crippen LogP contribution is -2.09. The van der Waals surface area contributed by atoms with E-state index in [0.717, 1.165) is 29.3 Å². The van der Waals surface area contributed by atoms with Gasteiger partial charge in [-0.25, -0.2) is 9.97 Å². The predicted molar refractivity (Wildman–Crippen MR) is 66.3 cm³/mol. The number of rotatable bonds is 4. The average Bonchev–Trinajstić information content (AvgIpc) is 2.68. The van der Waals surface area contributed by atoms with E-state index in [-0.39, 0.29) is 0 Å². The Balaban J connectivity index is 2.33. The van der Waals surface area contributed by atoms with Crippen LogP contribution in [0.4, 0.5) is 0 Å². The van der Waals surface area contributed by atoms with Gasteiger partial charge in [0.2, 0.25) is 0 Å². The summed E-state index contributed by atoms with van der Waals surface area (Å²) in [5.41, 5.74) is 1.07. The van der Waals surface area contributed by atoms with Crippen LogP contribution < -0.4 is 0 Å². The van der Waals surface area contributed by atoms with Crippen LogP contribution in [0.1, 0.15) is 32.5 Å². The molecule has 3 heteroatoms. The zero-order valence-corrected chi connectivity index (χ0v) is 10.3. The summed E-state index contributed by atoms with van der Waals surface area (Å²) in [5.74, 6) is 1.59. The second-order valence-electron chi connectivity index (χ2n) is 4.35. The van der Waals surface area contributed by atoms with Crippen molar-refractivity contribution in [3.05, 3.63) is 24.3 Å². The van der Waals surface area contributed by atoms with Crippen molar-refractivity contribution < 1.29 is 0 Å². The zero-order valence-electron chi connectivity index (χ0n) is 10.3. The summed E-state index contributed by atoms with van der Waals surface area (Å²) in [7, 11) is 0. The molecule has 2 aromatic heterocycles. The van der Waals surface area contributed by atoms with Gasteiger partial charge in [-0.15, -0.1) is 0 Å². The third-order valence-electron chi connectivity index (χ3n) is 3.23. The molecule has 0 aromatic carbocycles. The molecule has 2 heterocycles. The van der Waals surface area contributed by atoms with E-state index < -0.39 is 0 Å². The van der Waals surface area contributed by atoms with Crippen LogP contribution in [-0.2, 0) is 6.54 Å². The molecule has 3 nitrogen and oxygen atoms in total. The van der Waals surface area contributed by atoms with Gasteiger partial charge in [0.25, 0.3) is 0 Å². The van der Waals surface area contributed by atoms with E-state index in [2.05, 4.69) is 40.6 Å². The Morgan fingerprint density at radius 1 is 1.31 bits per heavy atom. The van der Waals surface area contributed by atoms with Gasteiger partial charge >= 0.3 is 0 Å². The average molecular weight is 217 g/mol. The van der Waals surface area contributed by atoms with Crippen LogP contribution in [0, 0.1) is 12.8 Å². The molecule has 2 aromatic rings. The highest BCUT2D eigenvalue weighted by atomic mass is 15.0. The van der Waals surface area contributed by atoms with E-state index in [9.17, 15) is 0 Å². The quantitative estimate of drug-likeness (QED) is 0.787. The molecule has 2 rings (SSSR count). The molecule has 0 saturated carbocycles. The lowest BCUT2D eigenvalue weighted by atomic mass is 10.0. The maximum atomic E-state index is 4.51.